The number of H-pyrrole nitrogens is 1. The molecule has 5 N–H and O–H groups in total. The van der Waals surface area contributed by atoms with E-state index in [4.69, 9.17) is 15.5 Å². The summed E-state index contributed by atoms with van der Waals surface area (Å²) in [5.74, 6) is 0.442. The summed E-state index contributed by atoms with van der Waals surface area (Å²) in [6, 6.07) is 17.6. The fourth-order valence-corrected chi connectivity index (χ4v) is 5.14. The molecule has 9 heteroatoms. The van der Waals surface area contributed by atoms with Gasteiger partial charge in [-0.3, -0.25) is 4.79 Å². The van der Waals surface area contributed by atoms with Gasteiger partial charge < -0.3 is 31.0 Å². The van der Waals surface area contributed by atoms with Gasteiger partial charge in [-0.2, -0.15) is 0 Å². The molecule has 1 amide bonds. The Kier molecular flexibility index (Phi) is 7.56. The summed E-state index contributed by atoms with van der Waals surface area (Å²) in [6.07, 6.45) is 10.9. The van der Waals surface area contributed by atoms with Crippen LogP contribution >= 0.6 is 0 Å². The Morgan fingerprint density at radius 3 is 2.75 bits per heavy atom. The Labute approximate surface area is 233 Å². The third kappa shape index (κ3) is 5.90. The molecule has 0 bridgehead atoms. The second-order valence-electron chi connectivity index (χ2n) is 10.1. The molecule has 204 valence electrons. The average molecular weight is 536 g/mol. The molecule has 6 rings (SSSR count). The lowest BCUT2D eigenvalue weighted by Crippen LogP contribution is -2.41. The number of anilines is 3. The molecule has 0 spiro atoms. The first-order chi connectivity index (χ1) is 19.6. The number of allylic oxidation sites excluding steroid dienone is 3. The monoisotopic (exact) mass is 535 g/mol. The molecule has 2 aromatic carbocycles. The number of amides is 1. The SMILES string of the molecule is NC(Cc1c[nH]c2ccccc12)C(=O)NC1=CCC(c2ccnc(Nc3ccc(N4CCOCC4)cc3)n2)C=C1. The highest BCUT2D eigenvalue weighted by Gasteiger charge is 2.19. The first kappa shape index (κ1) is 25.8. The van der Waals surface area contributed by atoms with Crippen molar-refractivity contribution >= 4 is 34.1 Å². The normalized spacial score (nSPS) is 17.9. The molecule has 1 saturated heterocycles. The smallest absolute Gasteiger partial charge is 0.241 e. The minimum atomic E-state index is -0.648. The number of rotatable bonds is 8. The molecule has 3 heterocycles. The highest BCUT2D eigenvalue weighted by atomic mass is 16.5. The fourth-order valence-electron chi connectivity index (χ4n) is 5.14. The number of nitrogens with zero attached hydrogens (tertiary/aromatic N) is 3. The Morgan fingerprint density at radius 1 is 1.12 bits per heavy atom. The molecule has 2 atom stereocenters. The summed E-state index contributed by atoms with van der Waals surface area (Å²) in [6.45, 7) is 3.34. The number of aromatic nitrogens is 3. The maximum Gasteiger partial charge on any atom is 0.241 e. The summed E-state index contributed by atoms with van der Waals surface area (Å²) >= 11 is 0. The van der Waals surface area contributed by atoms with Gasteiger partial charge in [0, 0.05) is 59.4 Å². The molecule has 9 nitrogen and oxygen atoms in total. The van der Waals surface area contributed by atoms with Crippen molar-refractivity contribution in [3.63, 3.8) is 0 Å². The summed E-state index contributed by atoms with van der Waals surface area (Å²) < 4.78 is 5.44. The number of ether oxygens (including phenoxy) is 1. The summed E-state index contributed by atoms with van der Waals surface area (Å²) in [5.41, 5.74) is 12.1. The van der Waals surface area contributed by atoms with Crippen molar-refractivity contribution < 1.29 is 9.53 Å². The van der Waals surface area contributed by atoms with Crippen molar-refractivity contribution in [2.24, 2.45) is 5.73 Å². The van der Waals surface area contributed by atoms with Crippen LogP contribution in [0.2, 0.25) is 0 Å². The van der Waals surface area contributed by atoms with Crippen molar-refractivity contribution in [2.45, 2.75) is 24.8 Å². The fraction of sp³-hybridized carbons (Fsp3) is 0.258. The standard InChI is InChI=1S/C31H33N7O2/c32-27(19-22-20-34-29-4-2-1-3-26(22)29)30(39)35-23-7-5-21(6-8-23)28-13-14-33-31(37-28)36-24-9-11-25(12-10-24)38-15-17-40-18-16-38/h1-5,7-14,20-21,27,34H,6,15-19,32H2,(H,35,39)(H,33,36,37). The number of hydrogen-bond donors (Lipinski definition) is 4. The van der Waals surface area contributed by atoms with E-state index in [9.17, 15) is 4.79 Å². The molecule has 2 aliphatic rings. The number of nitrogens with one attached hydrogen (secondary N) is 3. The Balaban J connectivity index is 1.03. The van der Waals surface area contributed by atoms with Crippen molar-refractivity contribution in [1.29, 1.82) is 0 Å². The van der Waals surface area contributed by atoms with E-state index in [2.05, 4.69) is 43.7 Å². The van der Waals surface area contributed by atoms with Crippen LogP contribution in [0.15, 0.2) is 90.9 Å². The van der Waals surface area contributed by atoms with Crippen LogP contribution in [0, 0.1) is 0 Å². The largest absolute Gasteiger partial charge is 0.378 e. The number of carbonyl (C=O) groups is 1. The minimum absolute atomic E-state index is 0.0905. The number of benzene rings is 2. The molecular weight excluding hydrogens is 502 g/mol. The van der Waals surface area contributed by atoms with Crippen LogP contribution in [-0.4, -0.2) is 53.2 Å². The van der Waals surface area contributed by atoms with Crippen molar-refractivity contribution in [1.82, 2.24) is 20.3 Å². The number of aromatic amines is 1. The van der Waals surface area contributed by atoms with Gasteiger partial charge in [-0.15, -0.1) is 0 Å². The maximum absolute atomic E-state index is 12.8. The lowest BCUT2D eigenvalue weighted by atomic mass is 9.95. The highest BCUT2D eigenvalue weighted by molar-refractivity contribution is 5.87. The first-order valence-electron chi connectivity index (χ1n) is 13.6. The zero-order valence-electron chi connectivity index (χ0n) is 22.2. The van der Waals surface area contributed by atoms with Gasteiger partial charge in [0.1, 0.15) is 0 Å². The van der Waals surface area contributed by atoms with Gasteiger partial charge in [0.15, 0.2) is 0 Å². The second-order valence-corrected chi connectivity index (χ2v) is 10.1. The van der Waals surface area contributed by atoms with Gasteiger partial charge >= 0.3 is 0 Å². The van der Waals surface area contributed by atoms with Crippen LogP contribution in [0.5, 0.6) is 0 Å². The van der Waals surface area contributed by atoms with Crippen LogP contribution in [0.1, 0.15) is 23.6 Å². The molecule has 2 aromatic heterocycles. The van der Waals surface area contributed by atoms with Crippen LogP contribution < -0.4 is 21.3 Å². The molecule has 1 aliphatic carbocycles. The van der Waals surface area contributed by atoms with Crippen LogP contribution in [0.4, 0.5) is 17.3 Å². The predicted molar refractivity (Wildman–Crippen MR) is 157 cm³/mol. The Morgan fingerprint density at radius 2 is 1.95 bits per heavy atom. The van der Waals surface area contributed by atoms with Crippen molar-refractivity contribution in [3.8, 4) is 0 Å². The van der Waals surface area contributed by atoms with E-state index in [0.717, 1.165) is 59.8 Å². The van der Waals surface area contributed by atoms with Crippen LogP contribution in [0.3, 0.4) is 0 Å². The van der Waals surface area contributed by atoms with Gasteiger partial charge in [-0.25, -0.2) is 9.97 Å². The third-order valence-electron chi connectivity index (χ3n) is 7.38. The van der Waals surface area contributed by atoms with Gasteiger partial charge in [0.2, 0.25) is 11.9 Å². The number of carbonyl (C=O) groups excluding carboxylic acids is 1. The van der Waals surface area contributed by atoms with E-state index in [1.807, 2.05) is 60.8 Å². The zero-order valence-corrected chi connectivity index (χ0v) is 22.2. The Bertz CT molecular complexity index is 1540. The average Bonchev–Trinajstić information content (AvgIpc) is 3.41. The van der Waals surface area contributed by atoms with Crippen molar-refractivity contribution in [2.75, 3.05) is 36.5 Å². The molecular formula is C31H33N7O2. The van der Waals surface area contributed by atoms with E-state index >= 15 is 0 Å². The lowest BCUT2D eigenvalue weighted by molar-refractivity contribution is -0.121. The van der Waals surface area contributed by atoms with E-state index in [0.29, 0.717) is 18.8 Å². The minimum Gasteiger partial charge on any atom is -0.378 e. The van der Waals surface area contributed by atoms with Gasteiger partial charge in [-0.05, 0) is 60.9 Å². The predicted octanol–water partition coefficient (Wildman–Crippen LogP) is 4.15. The van der Waals surface area contributed by atoms with E-state index in [-0.39, 0.29) is 11.8 Å². The lowest BCUT2D eigenvalue weighted by Gasteiger charge is -2.28. The molecule has 0 saturated carbocycles. The zero-order chi connectivity index (χ0) is 27.3. The highest BCUT2D eigenvalue weighted by Crippen LogP contribution is 2.26. The van der Waals surface area contributed by atoms with E-state index < -0.39 is 6.04 Å². The van der Waals surface area contributed by atoms with E-state index in [1.165, 1.54) is 5.69 Å². The molecule has 1 aliphatic heterocycles. The first-order valence-corrected chi connectivity index (χ1v) is 13.6. The number of hydrogen-bond acceptors (Lipinski definition) is 7. The molecule has 0 radical (unpaired) electrons. The number of morpholine rings is 1. The summed E-state index contributed by atoms with van der Waals surface area (Å²) in [4.78, 5) is 27.5. The maximum atomic E-state index is 12.8. The third-order valence-corrected chi connectivity index (χ3v) is 7.38. The number of fused-ring (bicyclic) bond motifs is 1. The summed E-state index contributed by atoms with van der Waals surface area (Å²) in [5, 5.41) is 7.37. The summed E-state index contributed by atoms with van der Waals surface area (Å²) in [7, 11) is 0. The quantitative estimate of drug-likeness (QED) is 0.267. The van der Waals surface area contributed by atoms with Crippen LogP contribution in [-0.2, 0) is 16.0 Å². The van der Waals surface area contributed by atoms with Gasteiger partial charge in [0.05, 0.1) is 24.9 Å². The number of nitrogens with two attached hydrogens (primary N) is 1. The van der Waals surface area contributed by atoms with Gasteiger partial charge in [-0.1, -0.05) is 30.4 Å². The van der Waals surface area contributed by atoms with Gasteiger partial charge in [0.25, 0.3) is 0 Å². The topological polar surface area (TPSA) is 121 Å². The van der Waals surface area contributed by atoms with E-state index in [1.54, 1.807) is 6.20 Å². The Hall–Kier alpha value is -4.47. The molecule has 1 fully saturated rings. The van der Waals surface area contributed by atoms with Crippen LogP contribution in [0.25, 0.3) is 10.9 Å². The second kappa shape index (κ2) is 11.7. The number of para-hydroxylation sites is 1. The van der Waals surface area contributed by atoms with Crippen molar-refractivity contribution in [3.05, 3.63) is 102 Å². The molecule has 40 heavy (non-hydrogen) atoms. The molecule has 2 unspecified atom stereocenters. The molecule has 4 aromatic rings.